The van der Waals surface area contributed by atoms with Crippen molar-refractivity contribution in [2.24, 2.45) is 0 Å². The van der Waals surface area contributed by atoms with Gasteiger partial charge in [0.05, 0.1) is 30.8 Å². The van der Waals surface area contributed by atoms with Gasteiger partial charge in [-0.3, -0.25) is 4.57 Å². The van der Waals surface area contributed by atoms with Gasteiger partial charge in [0, 0.05) is 44.3 Å². The third kappa shape index (κ3) is 7.20. The Morgan fingerprint density at radius 2 is 1.35 bits per heavy atom. The van der Waals surface area contributed by atoms with Crippen LogP contribution in [0.5, 0.6) is 11.5 Å². The Kier molecular flexibility index (Phi) is 7.83. The summed E-state index contributed by atoms with van der Waals surface area (Å²) in [5.41, 5.74) is 4.34. The predicted molar refractivity (Wildman–Crippen MR) is 247 cm³/mol. The van der Waals surface area contributed by atoms with Crippen LogP contribution < -0.4 is 9.30 Å². The van der Waals surface area contributed by atoms with Crippen molar-refractivity contribution in [1.82, 2.24) is 14.1 Å². The van der Waals surface area contributed by atoms with Crippen LogP contribution >= 0.6 is 0 Å². The number of hydrogen-bond acceptors (Lipinski definition) is 2. The minimum atomic E-state index is -0.575. The van der Waals surface area contributed by atoms with Crippen molar-refractivity contribution in [1.29, 1.82) is 0 Å². The van der Waals surface area contributed by atoms with Gasteiger partial charge in [0.2, 0.25) is 0 Å². The summed E-state index contributed by atoms with van der Waals surface area (Å²) in [4.78, 5) is 4.82. The maximum atomic E-state index is 9.15. The Balaban J connectivity index is 0.00000640. The molecule has 3 heterocycles. The molecule has 5 nitrogen and oxygen atoms in total. The van der Waals surface area contributed by atoms with E-state index in [2.05, 4.69) is 89.7 Å². The molecule has 0 bridgehead atoms. The number of imidazole rings is 1. The molecule has 0 aliphatic heterocycles. The first kappa shape index (κ1) is 30.9. The molecule has 1 aliphatic rings. The van der Waals surface area contributed by atoms with E-state index in [9.17, 15) is 0 Å². The number of fused-ring (bicyclic) bond motifs is 4. The van der Waals surface area contributed by atoms with Crippen LogP contribution in [0.25, 0.3) is 61.3 Å². The minimum Gasteiger partial charge on any atom is -0.510 e. The quantitative estimate of drug-likeness (QED) is 0.118. The zero-order valence-corrected chi connectivity index (χ0v) is 37.9. The first-order valence-corrected chi connectivity index (χ1v) is 20.5. The topological polar surface area (TPSA) is 35.9 Å². The maximum absolute atomic E-state index is 9.15. The molecule has 0 radical (unpaired) electrons. The van der Waals surface area contributed by atoms with Gasteiger partial charge in [-0.05, 0) is 86.2 Å². The fourth-order valence-corrected chi connectivity index (χ4v) is 8.74. The van der Waals surface area contributed by atoms with Crippen molar-refractivity contribution >= 4 is 21.8 Å². The summed E-state index contributed by atoms with van der Waals surface area (Å²) in [5, 5.41) is 2.04. The molecule has 312 valence electrons. The summed E-state index contributed by atoms with van der Waals surface area (Å²) < 4.78 is 101. The van der Waals surface area contributed by atoms with Crippen LogP contribution in [-0.2, 0) is 37.3 Å². The average Bonchev–Trinajstić information content (AvgIpc) is 3.92. The fourth-order valence-electron chi connectivity index (χ4n) is 8.74. The zero-order chi connectivity index (χ0) is 50.8. The van der Waals surface area contributed by atoms with Gasteiger partial charge in [0.25, 0.3) is 6.33 Å². The van der Waals surface area contributed by atoms with Gasteiger partial charge >= 0.3 is 0 Å². The van der Waals surface area contributed by atoms with Gasteiger partial charge in [-0.15, -0.1) is 29.7 Å². The van der Waals surface area contributed by atoms with E-state index in [1.807, 2.05) is 59.3 Å². The largest absolute Gasteiger partial charge is 0.510 e. The number of aromatic nitrogens is 4. The second-order valence-corrected chi connectivity index (χ2v) is 18.0. The van der Waals surface area contributed by atoms with Crippen LogP contribution in [-0.4, -0.2) is 14.1 Å². The molecule has 6 aromatic carbocycles. The molecule has 0 N–H and O–H groups in total. The summed E-state index contributed by atoms with van der Waals surface area (Å²) in [5.74, 6) is 1.61. The summed E-state index contributed by atoms with van der Waals surface area (Å²) >= 11 is 0. The molecule has 6 heteroatoms. The standard InChI is InChI=1S/C56H50N4O.Pt/c1-54(2,3)40-30-33-57-50(34-40)60-48-27-15-14-24-46(48)47-29-28-43(36-49(47)60)61-42-23-16-22-41(35-42)58-37-59(53-52(58)55(4,5)31-32-56(53,6)7)51-44(38-18-10-8-11-19-38)25-17-26-45(51)39-20-12-9-13-21-39;/h8-30,33-34H,31-32H2,1-7H3;/q-2;/i8D,9D,10D,11D,12D,13D,18D,19D,20D,21D;. The fraction of sp³-hybridized carbons (Fsp3) is 0.214. The molecule has 1 aliphatic carbocycles. The SMILES string of the molecule is [2H]c1c([2H])c([2H])c(-c2cccc(-c3c([2H])c([2H])c([2H])c([2H])c3[2H])c2-[n+]2[c-]n(-c3[c-]c(Oc4[c-]c5c(cc4)c4ccccc4n5-c4cc(C(C)(C)C)ccn4)ccc3)c3c2C(C)(C)CCC3(C)C)c([2H])c1[2H].[Pt]. The monoisotopic (exact) mass is 999 g/mol. The third-order valence-electron chi connectivity index (χ3n) is 11.9. The summed E-state index contributed by atoms with van der Waals surface area (Å²) in [6.07, 6.45) is 6.95. The zero-order valence-electron chi connectivity index (χ0n) is 45.6. The van der Waals surface area contributed by atoms with Crippen molar-refractivity contribution < 1.29 is 44.1 Å². The van der Waals surface area contributed by atoms with Crippen LogP contribution in [0.3, 0.4) is 0 Å². The van der Waals surface area contributed by atoms with Crippen molar-refractivity contribution in [2.45, 2.75) is 77.6 Å². The Bertz CT molecular complexity index is 3560. The van der Waals surface area contributed by atoms with E-state index in [-0.39, 0.29) is 54.4 Å². The molecule has 3 aromatic heterocycles. The van der Waals surface area contributed by atoms with E-state index < -0.39 is 71.3 Å². The molecular weight excluding hydrogens is 940 g/mol. The van der Waals surface area contributed by atoms with E-state index in [4.69, 9.17) is 23.4 Å². The number of benzene rings is 6. The van der Waals surface area contributed by atoms with Crippen LogP contribution in [0, 0.1) is 18.5 Å². The van der Waals surface area contributed by atoms with Gasteiger partial charge in [-0.1, -0.05) is 151 Å². The van der Waals surface area contributed by atoms with E-state index in [0.29, 0.717) is 17.2 Å². The number of hydrogen-bond donors (Lipinski definition) is 0. The molecule has 0 fully saturated rings. The number of ether oxygens (including phenoxy) is 1. The summed E-state index contributed by atoms with van der Waals surface area (Å²) in [6, 6.07) is 28.7. The summed E-state index contributed by atoms with van der Waals surface area (Å²) in [6.45, 7) is 15.0. The van der Waals surface area contributed by atoms with Crippen molar-refractivity contribution in [3.63, 3.8) is 0 Å². The van der Waals surface area contributed by atoms with E-state index in [1.54, 1.807) is 22.8 Å². The van der Waals surface area contributed by atoms with Crippen LogP contribution in [0.1, 0.15) is 92.0 Å². The maximum Gasteiger partial charge on any atom is 0.267 e. The van der Waals surface area contributed by atoms with Crippen molar-refractivity contribution in [2.75, 3.05) is 0 Å². The molecule has 0 atom stereocenters. The van der Waals surface area contributed by atoms with Gasteiger partial charge in [0.1, 0.15) is 5.82 Å². The first-order valence-electron chi connectivity index (χ1n) is 25.5. The Morgan fingerprint density at radius 3 is 2.05 bits per heavy atom. The first-order chi connectivity index (χ1) is 33.5. The second kappa shape index (κ2) is 15.7. The molecule has 0 saturated heterocycles. The Hall–Kier alpha value is -6.03. The van der Waals surface area contributed by atoms with Gasteiger partial charge in [0.15, 0.2) is 0 Å². The third-order valence-corrected chi connectivity index (χ3v) is 11.9. The molecule has 0 saturated carbocycles. The predicted octanol–water partition coefficient (Wildman–Crippen LogP) is 13.4. The second-order valence-electron chi connectivity index (χ2n) is 18.0. The number of rotatable bonds is 7. The Morgan fingerprint density at radius 1 is 0.710 bits per heavy atom. The van der Waals surface area contributed by atoms with Crippen molar-refractivity contribution in [3.8, 4) is 50.9 Å². The van der Waals surface area contributed by atoms with Crippen LogP contribution in [0.4, 0.5) is 0 Å². The van der Waals surface area contributed by atoms with Gasteiger partial charge in [-0.25, -0.2) is 4.98 Å². The van der Waals surface area contributed by atoms with E-state index in [0.717, 1.165) is 57.4 Å². The van der Waals surface area contributed by atoms with Gasteiger partial charge < -0.3 is 13.9 Å². The molecular formula is C56H50N4OPt-2. The number of para-hydroxylation sites is 2. The average molecular weight is 1000 g/mol. The molecule has 62 heavy (non-hydrogen) atoms. The van der Waals surface area contributed by atoms with E-state index >= 15 is 0 Å². The Labute approximate surface area is 394 Å². The summed E-state index contributed by atoms with van der Waals surface area (Å²) in [7, 11) is 0. The molecule has 0 amide bonds. The number of pyridine rings is 1. The van der Waals surface area contributed by atoms with Crippen LogP contribution in [0.2, 0.25) is 0 Å². The molecule has 0 spiro atoms. The van der Waals surface area contributed by atoms with E-state index in [1.165, 1.54) is 0 Å². The number of nitrogens with zero attached hydrogens (tertiary/aromatic N) is 4. The van der Waals surface area contributed by atoms with Crippen molar-refractivity contribution in [3.05, 3.63) is 187 Å². The van der Waals surface area contributed by atoms with Gasteiger partial charge in [-0.2, -0.15) is 18.2 Å². The minimum absolute atomic E-state index is 0. The van der Waals surface area contributed by atoms with Crippen LogP contribution in [0.15, 0.2) is 152 Å². The molecule has 10 rings (SSSR count). The smallest absolute Gasteiger partial charge is 0.267 e. The molecule has 0 unspecified atom stereocenters. The normalized spacial score (nSPS) is 16.6. The molecule has 9 aromatic rings.